The third-order valence-corrected chi connectivity index (χ3v) is 8.21. The van der Waals surface area contributed by atoms with E-state index in [2.05, 4.69) is 31.2 Å². The van der Waals surface area contributed by atoms with Gasteiger partial charge < -0.3 is 9.47 Å². The van der Waals surface area contributed by atoms with Crippen LogP contribution < -0.4 is 9.47 Å². The lowest BCUT2D eigenvalue weighted by molar-refractivity contribution is -0.140. The van der Waals surface area contributed by atoms with Crippen LogP contribution in [0.1, 0.15) is 40.7 Å². The SMILES string of the molecule is COc1ccc(CCN2C(=O)[C@@H]3[C@@H](C2=O)C2c4ccccc4C3(C)c3ccccc32)cc1OC. The fourth-order valence-electron chi connectivity index (χ4n) is 6.71. The first-order valence-corrected chi connectivity index (χ1v) is 11.8. The molecule has 1 fully saturated rings. The van der Waals surface area contributed by atoms with Crippen molar-refractivity contribution in [2.75, 3.05) is 20.8 Å². The van der Waals surface area contributed by atoms with Crippen LogP contribution in [0.5, 0.6) is 11.5 Å². The summed E-state index contributed by atoms with van der Waals surface area (Å²) in [6.45, 7) is 2.51. The molecule has 2 bridgehead atoms. The van der Waals surface area contributed by atoms with Gasteiger partial charge in [0, 0.05) is 17.9 Å². The first-order chi connectivity index (χ1) is 16.5. The number of methoxy groups -OCH3 is 2. The Bertz CT molecular complexity index is 1280. The smallest absolute Gasteiger partial charge is 0.234 e. The first kappa shape index (κ1) is 21.0. The quantitative estimate of drug-likeness (QED) is 0.540. The van der Waals surface area contributed by atoms with Crippen LogP contribution in [0.4, 0.5) is 0 Å². The molecule has 7 rings (SSSR count). The van der Waals surface area contributed by atoms with Crippen molar-refractivity contribution in [3.63, 3.8) is 0 Å². The van der Waals surface area contributed by atoms with Gasteiger partial charge in [0.15, 0.2) is 11.5 Å². The second kappa shape index (κ2) is 7.45. The number of imide groups is 1. The fraction of sp³-hybridized carbons (Fsp3) is 0.310. The third-order valence-electron chi connectivity index (χ3n) is 8.21. The van der Waals surface area contributed by atoms with Crippen LogP contribution in [0.2, 0.25) is 0 Å². The van der Waals surface area contributed by atoms with E-state index in [-0.39, 0.29) is 29.6 Å². The molecule has 1 saturated heterocycles. The number of hydrogen-bond donors (Lipinski definition) is 0. The summed E-state index contributed by atoms with van der Waals surface area (Å²) in [7, 11) is 3.21. The molecule has 34 heavy (non-hydrogen) atoms. The Hall–Kier alpha value is -3.60. The van der Waals surface area contributed by atoms with Gasteiger partial charge in [0.05, 0.1) is 26.1 Å². The highest BCUT2D eigenvalue weighted by Gasteiger charge is 2.66. The number of ether oxygens (including phenoxy) is 2. The van der Waals surface area contributed by atoms with Gasteiger partial charge in [-0.05, 0) is 46.4 Å². The van der Waals surface area contributed by atoms with Gasteiger partial charge in [0.1, 0.15) is 0 Å². The minimum absolute atomic E-state index is 0.0456. The lowest BCUT2D eigenvalue weighted by Crippen LogP contribution is -2.51. The van der Waals surface area contributed by atoms with Crippen LogP contribution in [0, 0.1) is 11.8 Å². The van der Waals surface area contributed by atoms with E-state index in [1.807, 2.05) is 42.5 Å². The molecule has 3 aliphatic carbocycles. The molecule has 0 N–H and O–H groups in total. The summed E-state index contributed by atoms with van der Waals surface area (Å²) >= 11 is 0. The van der Waals surface area contributed by atoms with Crippen LogP contribution in [-0.2, 0) is 21.4 Å². The second-order valence-corrected chi connectivity index (χ2v) is 9.63. The zero-order valence-corrected chi connectivity index (χ0v) is 19.6. The van der Waals surface area contributed by atoms with Crippen LogP contribution in [0.15, 0.2) is 66.7 Å². The summed E-state index contributed by atoms with van der Waals surface area (Å²) in [4.78, 5) is 29.2. The molecule has 3 aromatic carbocycles. The maximum Gasteiger partial charge on any atom is 0.234 e. The van der Waals surface area contributed by atoms with E-state index in [0.717, 1.165) is 5.56 Å². The van der Waals surface area contributed by atoms with Crippen molar-refractivity contribution in [2.45, 2.75) is 24.7 Å². The number of likely N-dealkylation sites (tertiary alicyclic amines) is 1. The molecular formula is C29H27NO4. The summed E-state index contributed by atoms with van der Waals surface area (Å²) in [5, 5.41) is 0. The zero-order valence-electron chi connectivity index (χ0n) is 19.6. The molecular weight excluding hydrogens is 426 g/mol. The van der Waals surface area contributed by atoms with Gasteiger partial charge >= 0.3 is 0 Å². The second-order valence-electron chi connectivity index (χ2n) is 9.63. The molecule has 0 unspecified atom stereocenters. The lowest BCUT2D eigenvalue weighted by Gasteiger charge is -2.52. The van der Waals surface area contributed by atoms with Gasteiger partial charge in [-0.2, -0.15) is 0 Å². The van der Waals surface area contributed by atoms with E-state index in [4.69, 9.17) is 9.47 Å². The first-order valence-electron chi connectivity index (χ1n) is 11.8. The fourth-order valence-corrected chi connectivity index (χ4v) is 6.71. The predicted octanol–water partition coefficient (Wildman–Crippen LogP) is 4.31. The van der Waals surface area contributed by atoms with Crippen LogP contribution in [0.25, 0.3) is 0 Å². The van der Waals surface area contributed by atoms with E-state index < -0.39 is 5.41 Å². The maximum atomic E-state index is 13.9. The van der Waals surface area contributed by atoms with E-state index in [0.29, 0.717) is 24.5 Å². The molecule has 4 aliphatic rings. The van der Waals surface area contributed by atoms with Crippen molar-refractivity contribution in [3.05, 3.63) is 94.5 Å². The Morgan fingerprint density at radius 3 is 2.06 bits per heavy atom. The van der Waals surface area contributed by atoms with Crippen molar-refractivity contribution in [2.24, 2.45) is 11.8 Å². The number of carbonyl (C=O) groups excluding carboxylic acids is 2. The molecule has 172 valence electrons. The predicted molar refractivity (Wildman–Crippen MR) is 128 cm³/mol. The molecule has 0 radical (unpaired) electrons. The minimum Gasteiger partial charge on any atom is -0.493 e. The number of hydrogen-bond acceptors (Lipinski definition) is 4. The highest BCUT2D eigenvalue weighted by molar-refractivity contribution is 6.08. The maximum absolute atomic E-state index is 13.9. The van der Waals surface area contributed by atoms with E-state index in [1.165, 1.54) is 27.2 Å². The van der Waals surface area contributed by atoms with Crippen molar-refractivity contribution in [1.82, 2.24) is 4.90 Å². The van der Waals surface area contributed by atoms with E-state index in [9.17, 15) is 9.59 Å². The lowest BCUT2D eigenvalue weighted by atomic mass is 9.48. The topological polar surface area (TPSA) is 55.8 Å². The molecule has 2 amide bonds. The van der Waals surface area contributed by atoms with Gasteiger partial charge in [-0.1, -0.05) is 61.5 Å². The van der Waals surface area contributed by atoms with Crippen molar-refractivity contribution in [3.8, 4) is 11.5 Å². The Morgan fingerprint density at radius 2 is 1.44 bits per heavy atom. The highest BCUT2D eigenvalue weighted by atomic mass is 16.5. The average Bonchev–Trinajstić information content (AvgIpc) is 3.13. The zero-order chi connectivity index (χ0) is 23.6. The van der Waals surface area contributed by atoms with Crippen LogP contribution in [-0.4, -0.2) is 37.5 Å². The number of amides is 2. The number of nitrogens with zero attached hydrogens (tertiary/aromatic N) is 1. The molecule has 1 aliphatic heterocycles. The summed E-state index contributed by atoms with van der Waals surface area (Å²) in [5.74, 6) is 0.396. The molecule has 2 atom stereocenters. The summed E-state index contributed by atoms with van der Waals surface area (Å²) in [5.41, 5.74) is 5.22. The molecule has 0 aromatic heterocycles. The monoisotopic (exact) mass is 453 g/mol. The van der Waals surface area contributed by atoms with E-state index >= 15 is 0 Å². The average molecular weight is 454 g/mol. The third kappa shape index (κ3) is 2.61. The largest absolute Gasteiger partial charge is 0.493 e. The molecule has 3 aromatic rings. The summed E-state index contributed by atoms with van der Waals surface area (Å²) < 4.78 is 10.7. The normalized spacial score (nSPS) is 26.2. The highest BCUT2D eigenvalue weighted by Crippen LogP contribution is 2.63. The van der Waals surface area contributed by atoms with Gasteiger partial charge in [-0.3, -0.25) is 14.5 Å². The number of carbonyl (C=O) groups is 2. The molecule has 1 heterocycles. The Kier molecular flexibility index (Phi) is 4.60. The van der Waals surface area contributed by atoms with Crippen molar-refractivity contribution >= 4 is 11.8 Å². The van der Waals surface area contributed by atoms with Gasteiger partial charge in [0.25, 0.3) is 0 Å². The molecule has 5 heteroatoms. The van der Waals surface area contributed by atoms with Crippen LogP contribution >= 0.6 is 0 Å². The number of benzene rings is 3. The van der Waals surface area contributed by atoms with Gasteiger partial charge in [0.2, 0.25) is 11.8 Å². The Morgan fingerprint density at radius 1 is 0.824 bits per heavy atom. The van der Waals surface area contributed by atoms with Gasteiger partial charge in [-0.25, -0.2) is 0 Å². The van der Waals surface area contributed by atoms with Gasteiger partial charge in [-0.15, -0.1) is 0 Å². The van der Waals surface area contributed by atoms with Crippen LogP contribution in [0.3, 0.4) is 0 Å². The standard InChI is InChI=1S/C29H27NO4/c1-29-20-10-6-4-8-18(20)24(19-9-5-7-11-21(19)29)25-26(29)28(32)30(27(25)31)15-14-17-12-13-22(33-2)23(16-17)34-3/h4-13,16,24-26H,14-15H2,1-3H3/t24?,25-,26-,29?/m0/s1. The summed E-state index contributed by atoms with van der Waals surface area (Å²) in [6, 6.07) is 22.4. The van der Waals surface area contributed by atoms with E-state index in [1.54, 1.807) is 14.2 Å². The molecule has 0 spiro atoms. The molecule has 0 saturated carbocycles. The number of rotatable bonds is 5. The minimum atomic E-state index is -0.516. The molecule has 5 nitrogen and oxygen atoms in total. The Labute approximate surface area is 199 Å². The summed E-state index contributed by atoms with van der Waals surface area (Å²) in [6.07, 6.45) is 0.568. The Balaban J connectivity index is 1.37. The van der Waals surface area contributed by atoms with Crippen molar-refractivity contribution < 1.29 is 19.1 Å². The van der Waals surface area contributed by atoms with Crippen molar-refractivity contribution in [1.29, 1.82) is 0 Å².